The summed E-state index contributed by atoms with van der Waals surface area (Å²) < 4.78 is 10.9. The largest absolute Gasteiger partial charge is 0.497 e. The molecule has 0 bridgehead atoms. The minimum absolute atomic E-state index is 0.00831. The maximum Gasteiger partial charge on any atom is 0.260 e. The number of nitrogens with zero attached hydrogens (tertiary/aromatic N) is 1. The topological polar surface area (TPSA) is 67.9 Å². The van der Waals surface area contributed by atoms with Crippen LogP contribution in [0.5, 0.6) is 11.5 Å². The Morgan fingerprint density at radius 3 is 2.06 bits per heavy atom. The number of nitrogens with one attached hydrogen (secondary N) is 1. The lowest BCUT2D eigenvalue weighted by Gasteiger charge is -2.33. The van der Waals surface area contributed by atoms with Gasteiger partial charge in [0.15, 0.2) is 6.10 Å². The van der Waals surface area contributed by atoms with Crippen molar-refractivity contribution >= 4 is 11.8 Å². The molecule has 1 fully saturated rings. The van der Waals surface area contributed by atoms with Crippen LogP contribution in [0.15, 0.2) is 48.5 Å². The van der Waals surface area contributed by atoms with Gasteiger partial charge in [0.25, 0.3) is 11.8 Å². The average Bonchev–Trinajstić information content (AvgIpc) is 2.79. The van der Waals surface area contributed by atoms with E-state index in [2.05, 4.69) is 19.2 Å². The fraction of sp³-hybridized carbons (Fsp3) is 0.440. The van der Waals surface area contributed by atoms with E-state index < -0.39 is 6.10 Å². The lowest BCUT2D eigenvalue weighted by molar-refractivity contribution is -0.128. The van der Waals surface area contributed by atoms with Crippen molar-refractivity contribution in [3.05, 3.63) is 59.7 Å². The van der Waals surface area contributed by atoms with Gasteiger partial charge in [-0.2, -0.15) is 0 Å². The molecule has 6 heteroatoms. The Bertz CT molecular complexity index is 869. The molecule has 1 unspecified atom stereocenters. The zero-order valence-corrected chi connectivity index (χ0v) is 18.8. The first-order chi connectivity index (χ1) is 14.9. The Hall–Kier alpha value is -3.02. The fourth-order valence-electron chi connectivity index (χ4n) is 3.65. The van der Waals surface area contributed by atoms with E-state index in [-0.39, 0.29) is 17.9 Å². The van der Waals surface area contributed by atoms with Gasteiger partial charge in [-0.05, 0) is 67.6 Å². The third-order valence-corrected chi connectivity index (χ3v) is 5.69. The molecule has 0 saturated carbocycles. The molecular formula is C25H32N2O4. The SMILES string of the molecule is COc1ccc(C(=O)N2CCC(NC(=O)C(C)Oc3ccc(C(C)C)cc3)CC2)cc1. The first-order valence-electron chi connectivity index (χ1n) is 10.9. The molecule has 0 radical (unpaired) electrons. The summed E-state index contributed by atoms with van der Waals surface area (Å²) in [6, 6.07) is 15.0. The molecule has 1 aliphatic heterocycles. The van der Waals surface area contributed by atoms with Gasteiger partial charge in [0.05, 0.1) is 7.11 Å². The van der Waals surface area contributed by atoms with E-state index >= 15 is 0 Å². The molecule has 0 spiro atoms. The van der Waals surface area contributed by atoms with Gasteiger partial charge in [-0.15, -0.1) is 0 Å². The van der Waals surface area contributed by atoms with Crippen molar-refractivity contribution in [3.63, 3.8) is 0 Å². The van der Waals surface area contributed by atoms with Gasteiger partial charge in [-0.3, -0.25) is 9.59 Å². The number of likely N-dealkylation sites (tertiary alicyclic amines) is 1. The molecule has 1 N–H and O–H groups in total. The van der Waals surface area contributed by atoms with Crippen molar-refractivity contribution in [2.45, 2.75) is 51.7 Å². The van der Waals surface area contributed by atoms with Crippen LogP contribution in [0.2, 0.25) is 0 Å². The number of amides is 2. The summed E-state index contributed by atoms with van der Waals surface area (Å²) in [6.07, 6.45) is 0.872. The molecule has 0 aromatic heterocycles. The van der Waals surface area contributed by atoms with Gasteiger partial charge in [0.1, 0.15) is 11.5 Å². The van der Waals surface area contributed by atoms with Crippen molar-refractivity contribution in [3.8, 4) is 11.5 Å². The van der Waals surface area contributed by atoms with Crippen molar-refractivity contribution in [2.75, 3.05) is 20.2 Å². The quantitative estimate of drug-likeness (QED) is 0.729. The van der Waals surface area contributed by atoms with E-state index in [0.717, 1.165) is 18.6 Å². The van der Waals surface area contributed by atoms with Gasteiger partial charge in [-0.25, -0.2) is 0 Å². The number of piperidine rings is 1. The van der Waals surface area contributed by atoms with Gasteiger partial charge in [0.2, 0.25) is 0 Å². The lowest BCUT2D eigenvalue weighted by Crippen LogP contribution is -2.49. The van der Waals surface area contributed by atoms with Crippen LogP contribution in [-0.4, -0.2) is 49.1 Å². The van der Waals surface area contributed by atoms with E-state index in [1.54, 1.807) is 38.3 Å². The number of hydrogen-bond acceptors (Lipinski definition) is 4. The van der Waals surface area contributed by atoms with Crippen LogP contribution in [0.3, 0.4) is 0 Å². The van der Waals surface area contributed by atoms with Gasteiger partial charge in [-0.1, -0.05) is 26.0 Å². The summed E-state index contributed by atoms with van der Waals surface area (Å²) >= 11 is 0. The Labute approximate surface area is 184 Å². The second kappa shape index (κ2) is 10.3. The number of benzene rings is 2. The number of hydrogen-bond donors (Lipinski definition) is 1. The van der Waals surface area contributed by atoms with Gasteiger partial charge >= 0.3 is 0 Å². The Kier molecular flexibility index (Phi) is 7.55. The second-order valence-electron chi connectivity index (χ2n) is 8.29. The Morgan fingerprint density at radius 2 is 1.52 bits per heavy atom. The molecule has 2 aromatic rings. The van der Waals surface area contributed by atoms with E-state index in [9.17, 15) is 9.59 Å². The van der Waals surface area contributed by atoms with Crippen molar-refractivity contribution in [1.29, 1.82) is 0 Å². The van der Waals surface area contributed by atoms with Crippen LogP contribution in [0.1, 0.15) is 55.5 Å². The molecule has 1 saturated heterocycles. The van der Waals surface area contributed by atoms with Crippen LogP contribution >= 0.6 is 0 Å². The molecule has 166 valence electrons. The number of methoxy groups -OCH3 is 1. The highest BCUT2D eigenvalue weighted by Crippen LogP contribution is 2.20. The average molecular weight is 425 g/mol. The van der Waals surface area contributed by atoms with Crippen molar-refractivity contribution in [2.24, 2.45) is 0 Å². The van der Waals surface area contributed by atoms with Crippen molar-refractivity contribution in [1.82, 2.24) is 10.2 Å². The van der Waals surface area contributed by atoms with E-state index in [1.165, 1.54) is 5.56 Å². The minimum atomic E-state index is -0.580. The molecule has 6 nitrogen and oxygen atoms in total. The van der Waals surface area contributed by atoms with Crippen LogP contribution in [0.4, 0.5) is 0 Å². The van der Waals surface area contributed by atoms with E-state index in [1.807, 2.05) is 29.2 Å². The highest BCUT2D eigenvalue weighted by molar-refractivity contribution is 5.94. The summed E-state index contributed by atoms with van der Waals surface area (Å²) in [6.45, 7) is 7.26. The summed E-state index contributed by atoms with van der Waals surface area (Å²) in [4.78, 5) is 27.1. The molecular weight excluding hydrogens is 392 g/mol. The van der Waals surface area contributed by atoms with E-state index in [4.69, 9.17) is 9.47 Å². The Morgan fingerprint density at radius 1 is 0.935 bits per heavy atom. The maximum atomic E-state index is 12.7. The molecule has 2 amide bonds. The van der Waals surface area contributed by atoms with Crippen LogP contribution in [0.25, 0.3) is 0 Å². The first-order valence-corrected chi connectivity index (χ1v) is 10.9. The third-order valence-electron chi connectivity index (χ3n) is 5.69. The normalized spacial score (nSPS) is 15.5. The van der Waals surface area contributed by atoms with E-state index in [0.29, 0.717) is 30.3 Å². The standard InChI is InChI=1S/C25H32N2O4/c1-17(2)19-5-11-23(12-6-19)31-18(3)24(28)26-21-13-15-27(16-14-21)25(29)20-7-9-22(30-4)10-8-20/h5-12,17-18,21H,13-16H2,1-4H3,(H,26,28). The molecule has 0 aliphatic carbocycles. The second-order valence-corrected chi connectivity index (χ2v) is 8.29. The Balaban J connectivity index is 1.46. The van der Waals surface area contributed by atoms with Gasteiger partial charge in [0, 0.05) is 24.7 Å². The monoisotopic (exact) mass is 424 g/mol. The molecule has 2 aromatic carbocycles. The summed E-state index contributed by atoms with van der Waals surface area (Å²) in [7, 11) is 1.60. The zero-order valence-electron chi connectivity index (χ0n) is 18.8. The first kappa shape index (κ1) is 22.7. The predicted octanol–water partition coefficient (Wildman–Crippen LogP) is 4.01. The van der Waals surface area contributed by atoms with Crippen LogP contribution in [0, 0.1) is 0 Å². The number of rotatable bonds is 7. The number of ether oxygens (including phenoxy) is 2. The molecule has 3 rings (SSSR count). The minimum Gasteiger partial charge on any atom is -0.497 e. The maximum absolute atomic E-state index is 12.7. The van der Waals surface area contributed by atoms with Crippen LogP contribution in [-0.2, 0) is 4.79 Å². The molecule has 31 heavy (non-hydrogen) atoms. The summed E-state index contributed by atoms with van der Waals surface area (Å²) in [5, 5.41) is 3.06. The predicted molar refractivity (Wildman–Crippen MR) is 121 cm³/mol. The van der Waals surface area contributed by atoms with Crippen molar-refractivity contribution < 1.29 is 19.1 Å². The fourth-order valence-corrected chi connectivity index (χ4v) is 3.65. The molecule has 1 aliphatic rings. The van der Waals surface area contributed by atoms with Gasteiger partial charge < -0.3 is 19.7 Å². The lowest BCUT2D eigenvalue weighted by atomic mass is 10.0. The molecule has 1 heterocycles. The number of carbonyl (C=O) groups is 2. The smallest absolute Gasteiger partial charge is 0.260 e. The third kappa shape index (κ3) is 6.00. The highest BCUT2D eigenvalue weighted by Gasteiger charge is 2.26. The zero-order chi connectivity index (χ0) is 22.4. The van der Waals surface area contributed by atoms with Crippen LogP contribution < -0.4 is 14.8 Å². The molecule has 1 atom stereocenters. The summed E-state index contributed by atoms with van der Waals surface area (Å²) in [5.74, 6) is 1.75. The highest BCUT2D eigenvalue weighted by atomic mass is 16.5. The number of carbonyl (C=O) groups excluding carboxylic acids is 2. The summed E-state index contributed by atoms with van der Waals surface area (Å²) in [5.41, 5.74) is 1.88.